The number of pyridine rings is 1. The molecule has 1 saturated carbocycles. The van der Waals surface area contributed by atoms with Crippen molar-refractivity contribution in [2.24, 2.45) is 0 Å². The van der Waals surface area contributed by atoms with E-state index in [1.807, 2.05) is 6.07 Å². The maximum Gasteiger partial charge on any atom is 0.255 e. The van der Waals surface area contributed by atoms with Gasteiger partial charge in [0.05, 0.1) is 4.90 Å². The van der Waals surface area contributed by atoms with Gasteiger partial charge in [0.15, 0.2) is 0 Å². The lowest BCUT2D eigenvalue weighted by atomic mass is 10.1. The first-order valence-electron chi connectivity index (χ1n) is 10.3. The number of amides is 1. The van der Waals surface area contributed by atoms with Crippen molar-refractivity contribution in [1.82, 2.24) is 9.71 Å². The van der Waals surface area contributed by atoms with Crippen LogP contribution in [0, 0.1) is 25.2 Å². The molecule has 4 rings (SSSR count). The normalized spacial score (nSPS) is 13.2. The van der Waals surface area contributed by atoms with E-state index in [1.54, 1.807) is 50.2 Å². The van der Waals surface area contributed by atoms with Crippen LogP contribution in [0.2, 0.25) is 0 Å². The van der Waals surface area contributed by atoms with Crippen LogP contribution in [0.1, 0.15) is 39.9 Å². The van der Waals surface area contributed by atoms with Crippen LogP contribution < -0.4 is 14.8 Å². The van der Waals surface area contributed by atoms with E-state index in [9.17, 15) is 18.5 Å². The third-order valence-corrected chi connectivity index (χ3v) is 6.73. The van der Waals surface area contributed by atoms with Crippen molar-refractivity contribution in [3.05, 3.63) is 77.0 Å². The Bertz CT molecular complexity index is 1380. The van der Waals surface area contributed by atoms with Gasteiger partial charge in [0.25, 0.3) is 5.91 Å². The second kappa shape index (κ2) is 9.02. The minimum absolute atomic E-state index is 0.0210. The molecule has 0 unspecified atom stereocenters. The van der Waals surface area contributed by atoms with E-state index < -0.39 is 15.9 Å². The molecule has 2 N–H and O–H groups in total. The SMILES string of the molecule is Cc1cc(Oc2ncccc2C#N)ccc1NC(=O)c1cc(S(=O)(=O)NC2CC2)ccc1C. The molecule has 0 saturated heterocycles. The largest absolute Gasteiger partial charge is 0.438 e. The number of hydrogen-bond donors (Lipinski definition) is 2. The van der Waals surface area contributed by atoms with Gasteiger partial charge in [-0.3, -0.25) is 4.79 Å². The van der Waals surface area contributed by atoms with Gasteiger partial charge in [-0.05, 0) is 80.3 Å². The lowest BCUT2D eigenvalue weighted by molar-refractivity contribution is 0.102. The minimum atomic E-state index is -3.67. The summed E-state index contributed by atoms with van der Waals surface area (Å²) >= 11 is 0. The molecule has 9 heteroatoms. The lowest BCUT2D eigenvalue weighted by Crippen LogP contribution is -2.26. The number of nitrogens with zero attached hydrogens (tertiary/aromatic N) is 2. The summed E-state index contributed by atoms with van der Waals surface area (Å²) in [4.78, 5) is 17.1. The zero-order valence-corrected chi connectivity index (χ0v) is 18.9. The molecule has 3 aromatic rings. The Kier molecular flexibility index (Phi) is 6.14. The molecule has 0 spiro atoms. The molecular formula is C24H22N4O4S. The number of benzene rings is 2. The summed E-state index contributed by atoms with van der Waals surface area (Å²) in [5.41, 5.74) is 2.54. The van der Waals surface area contributed by atoms with Crippen LogP contribution in [0.15, 0.2) is 59.6 Å². The molecule has 1 fully saturated rings. The lowest BCUT2D eigenvalue weighted by Gasteiger charge is -2.13. The van der Waals surface area contributed by atoms with Gasteiger partial charge in [0.2, 0.25) is 15.9 Å². The highest BCUT2D eigenvalue weighted by atomic mass is 32.2. The van der Waals surface area contributed by atoms with Gasteiger partial charge in [0.1, 0.15) is 17.4 Å². The van der Waals surface area contributed by atoms with Crippen molar-refractivity contribution in [2.75, 3.05) is 5.32 Å². The zero-order valence-electron chi connectivity index (χ0n) is 18.1. The van der Waals surface area contributed by atoms with Gasteiger partial charge >= 0.3 is 0 Å². The van der Waals surface area contributed by atoms with E-state index in [2.05, 4.69) is 15.0 Å². The number of carbonyl (C=O) groups excluding carboxylic acids is 1. The molecule has 0 bridgehead atoms. The van der Waals surface area contributed by atoms with Crippen molar-refractivity contribution in [2.45, 2.75) is 37.6 Å². The van der Waals surface area contributed by atoms with Crippen molar-refractivity contribution in [1.29, 1.82) is 5.26 Å². The molecule has 1 heterocycles. The molecule has 33 heavy (non-hydrogen) atoms. The summed E-state index contributed by atoms with van der Waals surface area (Å²) in [6, 6.07) is 14.9. The third kappa shape index (κ3) is 5.19. The fraction of sp³-hybridized carbons (Fsp3) is 0.208. The number of anilines is 1. The van der Waals surface area contributed by atoms with Gasteiger partial charge in [-0.1, -0.05) is 6.07 Å². The number of nitrogens with one attached hydrogen (secondary N) is 2. The summed E-state index contributed by atoms with van der Waals surface area (Å²) in [7, 11) is -3.67. The van der Waals surface area contributed by atoms with Crippen LogP contribution in [0.4, 0.5) is 5.69 Å². The summed E-state index contributed by atoms with van der Waals surface area (Å²) in [5.74, 6) is 0.255. The summed E-state index contributed by atoms with van der Waals surface area (Å²) in [5, 5.41) is 12.0. The molecule has 0 radical (unpaired) electrons. The van der Waals surface area contributed by atoms with E-state index in [-0.39, 0.29) is 22.4 Å². The highest BCUT2D eigenvalue weighted by Gasteiger charge is 2.28. The van der Waals surface area contributed by atoms with Gasteiger partial charge in [0, 0.05) is 23.5 Å². The van der Waals surface area contributed by atoms with Gasteiger partial charge < -0.3 is 10.1 Å². The van der Waals surface area contributed by atoms with Crippen molar-refractivity contribution < 1.29 is 17.9 Å². The van der Waals surface area contributed by atoms with Crippen LogP contribution in [-0.4, -0.2) is 25.4 Å². The topological polar surface area (TPSA) is 121 Å². The highest BCUT2D eigenvalue weighted by Crippen LogP contribution is 2.28. The van der Waals surface area contributed by atoms with E-state index in [1.165, 1.54) is 18.3 Å². The monoisotopic (exact) mass is 462 g/mol. The number of nitriles is 1. The second-order valence-electron chi connectivity index (χ2n) is 7.87. The van der Waals surface area contributed by atoms with Crippen LogP contribution in [0.5, 0.6) is 11.6 Å². The smallest absolute Gasteiger partial charge is 0.255 e. The zero-order chi connectivity index (χ0) is 23.6. The minimum Gasteiger partial charge on any atom is -0.438 e. The molecule has 8 nitrogen and oxygen atoms in total. The summed E-state index contributed by atoms with van der Waals surface area (Å²) < 4.78 is 33.4. The number of aryl methyl sites for hydroxylation is 2. The van der Waals surface area contributed by atoms with Crippen LogP contribution in [0.3, 0.4) is 0 Å². The average molecular weight is 463 g/mol. The Hall–Kier alpha value is -3.74. The molecule has 1 aliphatic carbocycles. The number of ether oxygens (including phenoxy) is 1. The third-order valence-electron chi connectivity index (χ3n) is 5.22. The number of sulfonamides is 1. The van der Waals surface area contributed by atoms with Crippen LogP contribution in [0.25, 0.3) is 0 Å². The number of rotatable bonds is 7. The summed E-state index contributed by atoms with van der Waals surface area (Å²) in [6.07, 6.45) is 3.19. The van der Waals surface area contributed by atoms with Crippen LogP contribution >= 0.6 is 0 Å². The maximum absolute atomic E-state index is 13.0. The number of aromatic nitrogens is 1. The predicted octanol–water partition coefficient (Wildman–Crippen LogP) is 4.06. The molecule has 1 aliphatic rings. The Labute approximate surface area is 192 Å². The molecular weight excluding hydrogens is 440 g/mol. The molecule has 1 amide bonds. The molecule has 0 aliphatic heterocycles. The molecule has 168 valence electrons. The highest BCUT2D eigenvalue weighted by molar-refractivity contribution is 7.89. The summed E-state index contributed by atoms with van der Waals surface area (Å²) in [6.45, 7) is 3.56. The number of hydrogen-bond acceptors (Lipinski definition) is 6. The van der Waals surface area contributed by atoms with Crippen LogP contribution in [-0.2, 0) is 10.0 Å². The van der Waals surface area contributed by atoms with Crippen molar-refractivity contribution in [3.63, 3.8) is 0 Å². The van der Waals surface area contributed by atoms with Crippen molar-refractivity contribution in [3.8, 4) is 17.7 Å². The molecule has 1 aromatic heterocycles. The van der Waals surface area contributed by atoms with E-state index in [0.29, 0.717) is 22.6 Å². The van der Waals surface area contributed by atoms with E-state index in [4.69, 9.17) is 4.74 Å². The number of carbonyl (C=O) groups is 1. The fourth-order valence-electron chi connectivity index (χ4n) is 3.20. The molecule has 0 atom stereocenters. The Morgan fingerprint density at radius 3 is 2.61 bits per heavy atom. The Morgan fingerprint density at radius 1 is 1.12 bits per heavy atom. The second-order valence-corrected chi connectivity index (χ2v) is 9.59. The fourth-order valence-corrected chi connectivity index (χ4v) is 4.53. The van der Waals surface area contributed by atoms with Crippen molar-refractivity contribution >= 4 is 21.6 Å². The first kappa shape index (κ1) is 22.5. The van der Waals surface area contributed by atoms with E-state index in [0.717, 1.165) is 18.4 Å². The van der Waals surface area contributed by atoms with Gasteiger partial charge in [-0.15, -0.1) is 0 Å². The van der Waals surface area contributed by atoms with E-state index >= 15 is 0 Å². The first-order valence-corrected chi connectivity index (χ1v) is 11.8. The average Bonchev–Trinajstić information content (AvgIpc) is 3.59. The maximum atomic E-state index is 13.0. The quantitative estimate of drug-likeness (QED) is 0.546. The first-order chi connectivity index (χ1) is 15.8. The predicted molar refractivity (Wildman–Crippen MR) is 123 cm³/mol. The Morgan fingerprint density at radius 2 is 1.91 bits per heavy atom. The van der Waals surface area contributed by atoms with Gasteiger partial charge in [-0.2, -0.15) is 5.26 Å². The Balaban J connectivity index is 1.53. The van der Waals surface area contributed by atoms with Gasteiger partial charge in [-0.25, -0.2) is 18.1 Å². The standard InChI is InChI=1S/C24H22N4O4S/c1-15-5-9-20(33(30,31)28-18-6-7-18)13-21(15)23(29)27-22-10-8-19(12-16(22)2)32-24-17(14-25)4-3-11-26-24/h3-5,8-13,18,28H,6-7H2,1-2H3,(H,27,29). The molecule has 2 aromatic carbocycles.